The van der Waals surface area contributed by atoms with E-state index in [0.717, 1.165) is 36.5 Å². The molecule has 0 bridgehead atoms. The van der Waals surface area contributed by atoms with Gasteiger partial charge in [-0.2, -0.15) is 4.98 Å². The fourth-order valence-corrected chi connectivity index (χ4v) is 4.72. The van der Waals surface area contributed by atoms with Gasteiger partial charge in [0, 0.05) is 5.92 Å². The SMILES string of the molecule is C1CCC(c2noc(C3CCC4CCCCC4C3)n2)NC1. The maximum atomic E-state index is 5.64. The van der Waals surface area contributed by atoms with Gasteiger partial charge in [-0.25, -0.2) is 0 Å². The average Bonchev–Trinajstić information content (AvgIpc) is 3.05. The summed E-state index contributed by atoms with van der Waals surface area (Å²) in [4.78, 5) is 4.75. The molecule has 1 saturated heterocycles. The van der Waals surface area contributed by atoms with Gasteiger partial charge in [-0.15, -0.1) is 0 Å². The first kappa shape index (κ1) is 13.7. The molecule has 116 valence electrons. The van der Waals surface area contributed by atoms with Crippen LogP contribution in [0.2, 0.25) is 0 Å². The molecule has 1 aliphatic heterocycles. The number of aromatic nitrogens is 2. The van der Waals surface area contributed by atoms with E-state index in [0.29, 0.717) is 12.0 Å². The summed E-state index contributed by atoms with van der Waals surface area (Å²) in [5.41, 5.74) is 0. The fraction of sp³-hybridized carbons (Fsp3) is 0.882. The first-order valence-corrected chi connectivity index (χ1v) is 8.97. The molecule has 3 aliphatic rings. The third-order valence-corrected chi connectivity index (χ3v) is 5.97. The highest BCUT2D eigenvalue weighted by atomic mass is 16.5. The Bertz CT molecular complexity index is 466. The van der Waals surface area contributed by atoms with E-state index in [4.69, 9.17) is 9.51 Å². The zero-order valence-electron chi connectivity index (χ0n) is 12.9. The predicted octanol–water partition coefficient (Wildman–Crippen LogP) is 3.96. The molecule has 4 rings (SSSR count). The van der Waals surface area contributed by atoms with Crippen LogP contribution in [0.3, 0.4) is 0 Å². The maximum absolute atomic E-state index is 5.64. The van der Waals surface area contributed by atoms with Gasteiger partial charge in [0.2, 0.25) is 5.89 Å². The highest BCUT2D eigenvalue weighted by Crippen LogP contribution is 2.45. The molecule has 2 heterocycles. The maximum Gasteiger partial charge on any atom is 0.229 e. The van der Waals surface area contributed by atoms with Gasteiger partial charge in [-0.3, -0.25) is 0 Å². The van der Waals surface area contributed by atoms with Gasteiger partial charge < -0.3 is 9.84 Å². The number of nitrogens with one attached hydrogen (secondary N) is 1. The summed E-state index contributed by atoms with van der Waals surface area (Å²) in [5.74, 6) is 4.24. The zero-order valence-corrected chi connectivity index (χ0v) is 12.9. The third-order valence-electron chi connectivity index (χ3n) is 5.97. The molecule has 0 amide bonds. The highest BCUT2D eigenvalue weighted by Gasteiger charge is 2.35. The van der Waals surface area contributed by atoms with Crippen molar-refractivity contribution in [3.63, 3.8) is 0 Å². The number of piperidine rings is 1. The Morgan fingerprint density at radius 1 is 0.905 bits per heavy atom. The Morgan fingerprint density at radius 3 is 2.62 bits per heavy atom. The van der Waals surface area contributed by atoms with Crippen molar-refractivity contribution in [1.82, 2.24) is 15.5 Å². The van der Waals surface area contributed by atoms with Crippen LogP contribution in [0.15, 0.2) is 4.52 Å². The van der Waals surface area contributed by atoms with Crippen LogP contribution in [0, 0.1) is 11.8 Å². The van der Waals surface area contributed by atoms with Crippen molar-refractivity contribution in [2.75, 3.05) is 6.54 Å². The van der Waals surface area contributed by atoms with E-state index >= 15 is 0 Å². The lowest BCUT2D eigenvalue weighted by molar-refractivity contribution is 0.142. The smallest absolute Gasteiger partial charge is 0.229 e. The van der Waals surface area contributed by atoms with E-state index in [-0.39, 0.29) is 0 Å². The van der Waals surface area contributed by atoms with Gasteiger partial charge in [0.05, 0.1) is 6.04 Å². The lowest BCUT2D eigenvalue weighted by atomic mass is 9.67. The van der Waals surface area contributed by atoms with Crippen LogP contribution in [0.4, 0.5) is 0 Å². The van der Waals surface area contributed by atoms with Gasteiger partial charge in [0.25, 0.3) is 0 Å². The van der Waals surface area contributed by atoms with E-state index in [2.05, 4.69) is 10.5 Å². The number of fused-ring (bicyclic) bond motifs is 1. The largest absolute Gasteiger partial charge is 0.339 e. The number of hydrogen-bond acceptors (Lipinski definition) is 4. The van der Waals surface area contributed by atoms with Crippen LogP contribution in [-0.4, -0.2) is 16.7 Å². The molecule has 0 spiro atoms. The van der Waals surface area contributed by atoms with Crippen LogP contribution >= 0.6 is 0 Å². The molecule has 3 fully saturated rings. The Balaban J connectivity index is 1.43. The molecule has 0 radical (unpaired) electrons. The van der Waals surface area contributed by atoms with Crippen molar-refractivity contribution in [2.24, 2.45) is 11.8 Å². The van der Waals surface area contributed by atoms with Crippen molar-refractivity contribution in [3.8, 4) is 0 Å². The molecular formula is C17H27N3O. The summed E-state index contributed by atoms with van der Waals surface area (Å²) in [6.07, 6.45) is 13.3. The quantitative estimate of drug-likeness (QED) is 0.895. The van der Waals surface area contributed by atoms with Crippen LogP contribution in [0.25, 0.3) is 0 Å². The van der Waals surface area contributed by atoms with E-state index < -0.39 is 0 Å². The summed E-state index contributed by atoms with van der Waals surface area (Å²) in [6.45, 7) is 1.09. The minimum atomic E-state index is 0.322. The molecule has 2 saturated carbocycles. The Kier molecular flexibility index (Phi) is 3.97. The van der Waals surface area contributed by atoms with Crippen molar-refractivity contribution >= 4 is 0 Å². The third kappa shape index (κ3) is 2.87. The molecule has 4 unspecified atom stereocenters. The van der Waals surface area contributed by atoms with Crippen molar-refractivity contribution in [3.05, 3.63) is 11.7 Å². The molecule has 1 aromatic heterocycles. The summed E-state index contributed by atoms with van der Waals surface area (Å²) < 4.78 is 5.64. The molecule has 21 heavy (non-hydrogen) atoms. The summed E-state index contributed by atoms with van der Waals surface area (Å²) >= 11 is 0. The second-order valence-electron chi connectivity index (χ2n) is 7.31. The number of nitrogens with zero attached hydrogens (tertiary/aromatic N) is 2. The molecule has 2 aliphatic carbocycles. The highest BCUT2D eigenvalue weighted by molar-refractivity contribution is 5.02. The molecule has 1 N–H and O–H groups in total. The summed E-state index contributed by atoms with van der Waals surface area (Å²) in [7, 11) is 0. The first-order chi connectivity index (χ1) is 10.4. The normalized spacial score (nSPS) is 37.1. The fourth-order valence-electron chi connectivity index (χ4n) is 4.72. The van der Waals surface area contributed by atoms with Crippen molar-refractivity contribution in [2.45, 2.75) is 76.2 Å². The second-order valence-corrected chi connectivity index (χ2v) is 7.31. The van der Waals surface area contributed by atoms with E-state index in [9.17, 15) is 0 Å². The van der Waals surface area contributed by atoms with Gasteiger partial charge in [0.1, 0.15) is 0 Å². The number of hydrogen-bond donors (Lipinski definition) is 1. The van der Waals surface area contributed by atoms with Gasteiger partial charge >= 0.3 is 0 Å². The molecular weight excluding hydrogens is 262 g/mol. The molecule has 4 atom stereocenters. The summed E-state index contributed by atoms with van der Waals surface area (Å²) in [6, 6.07) is 0.322. The monoisotopic (exact) mass is 289 g/mol. The summed E-state index contributed by atoms with van der Waals surface area (Å²) in [5, 5.41) is 7.78. The minimum absolute atomic E-state index is 0.322. The Labute approximate surface area is 127 Å². The van der Waals surface area contributed by atoms with E-state index in [1.165, 1.54) is 57.8 Å². The first-order valence-electron chi connectivity index (χ1n) is 8.97. The predicted molar refractivity (Wildman–Crippen MR) is 80.9 cm³/mol. The zero-order chi connectivity index (χ0) is 14.1. The van der Waals surface area contributed by atoms with E-state index in [1.54, 1.807) is 0 Å². The van der Waals surface area contributed by atoms with Crippen LogP contribution in [0.1, 0.15) is 87.9 Å². The Hall–Kier alpha value is -0.900. The van der Waals surface area contributed by atoms with E-state index in [1.807, 2.05) is 0 Å². The molecule has 1 aromatic rings. The number of rotatable bonds is 2. The topological polar surface area (TPSA) is 51.0 Å². The van der Waals surface area contributed by atoms with Crippen molar-refractivity contribution < 1.29 is 4.52 Å². The van der Waals surface area contributed by atoms with Gasteiger partial charge in [-0.1, -0.05) is 37.3 Å². The van der Waals surface area contributed by atoms with Gasteiger partial charge in [0.15, 0.2) is 5.82 Å². The second kappa shape index (κ2) is 6.07. The lowest BCUT2D eigenvalue weighted by Crippen LogP contribution is -2.28. The average molecular weight is 289 g/mol. The minimum Gasteiger partial charge on any atom is -0.339 e. The van der Waals surface area contributed by atoms with Gasteiger partial charge in [-0.05, 0) is 50.5 Å². The lowest BCUT2D eigenvalue weighted by Gasteiger charge is -2.38. The molecule has 0 aromatic carbocycles. The van der Waals surface area contributed by atoms with Crippen LogP contribution in [-0.2, 0) is 0 Å². The van der Waals surface area contributed by atoms with Crippen LogP contribution < -0.4 is 5.32 Å². The Morgan fingerprint density at radius 2 is 1.76 bits per heavy atom. The molecule has 4 heteroatoms. The molecule has 4 nitrogen and oxygen atoms in total. The van der Waals surface area contributed by atoms with Crippen LogP contribution in [0.5, 0.6) is 0 Å². The standard InChI is InChI=1S/C17H27N3O/c1-2-6-13-11-14(9-8-12(13)5-1)17-19-16(20-21-17)15-7-3-4-10-18-15/h12-15,18H,1-11H2. The van der Waals surface area contributed by atoms with Crippen molar-refractivity contribution in [1.29, 1.82) is 0 Å².